The van der Waals surface area contributed by atoms with Gasteiger partial charge in [-0.05, 0) is 19.1 Å². The van der Waals surface area contributed by atoms with Gasteiger partial charge in [0.05, 0.1) is 18.1 Å². The molecule has 1 aromatic heterocycles. The highest BCUT2D eigenvalue weighted by molar-refractivity contribution is 6.38. The van der Waals surface area contributed by atoms with Crippen molar-refractivity contribution in [1.29, 1.82) is 0 Å². The third kappa shape index (κ3) is 2.79. The van der Waals surface area contributed by atoms with Crippen LogP contribution in [0.2, 0.25) is 0 Å². The zero-order valence-electron chi connectivity index (χ0n) is 10.2. The lowest BCUT2D eigenvalue weighted by molar-refractivity contribution is -0.111. The summed E-state index contributed by atoms with van der Waals surface area (Å²) in [6, 6.07) is 7.69. The molecule has 0 aliphatic rings. The summed E-state index contributed by atoms with van der Waals surface area (Å²) in [6.07, 6.45) is 3.06. The standard InChI is InChI=1S/C12H13N5O/c1-9-3-5-11(6-4-9)14-15-12(10(2)18)17-8-7-13-16-17/h3-8,14H,1-2H3/b15-12+. The number of hydrogen-bond acceptors (Lipinski definition) is 5. The van der Waals surface area contributed by atoms with Gasteiger partial charge in [-0.15, -0.1) is 5.10 Å². The average molecular weight is 243 g/mol. The number of hydrogen-bond donors (Lipinski definition) is 1. The number of ketones is 1. The molecule has 2 rings (SSSR count). The Kier molecular flexibility index (Phi) is 3.47. The first-order valence-electron chi connectivity index (χ1n) is 5.45. The topological polar surface area (TPSA) is 72.2 Å². The van der Waals surface area contributed by atoms with Crippen molar-refractivity contribution >= 4 is 17.3 Å². The number of benzene rings is 1. The molecule has 0 unspecified atom stereocenters. The predicted octanol–water partition coefficient (Wildman–Crippen LogP) is 1.45. The second-order valence-electron chi connectivity index (χ2n) is 3.82. The maximum Gasteiger partial charge on any atom is 0.217 e. The van der Waals surface area contributed by atoms with Gasteiger partial charge in [-0.2, -0.15) is 9.78 Å². The van der Waals surface area contributed by atoms with Crippen molar-refractivity contribution in [3.05, 3.63) is 42.2 Å². The molecule has 0 amide bonds. The molecule has 1 aromatic carbocycles. The monoisotopic (exact) mass is 243 g/mol. The zero-order chi connectivity index (χ0) is 13.0. The molecule has 0 aliphatic carbocycles. The maximum absolute atomic E-state index is 11.5. The number of anilines is 1. The van der Waals surface area contributed by atoms with Crippen LogP contribution in [0.4, 0.5) is 5.69 Å². The predicted molar refractivity (Wildman–Crippen MR) is 68.3 cm³/mol. The Hall–Kier alpha value is -2.50. The van der Waals surface area contributed by atoms with Gasteiger partial charge in [-0.25, -0.2) is 0 Å². The van der Waals surface area contributed by atoms with E-state index in [0.717, 1.165) is 11.3 Å². The Balaban J connectivity index is 2.20. The quantitative estimate of drug-likeness (QED) is 0.503. The minimum Gasteiger partial charge on any atom is -0.291 e. The number of rotatable bonds is 3. The van der Waals surface area contributed by atoms with Gasteiger partial charge >= 0.3 is 0 Å². The molecule has 0 aliphatic heterocycles. The normalized spacial score (nSPS) is 11.3. The SMILES string of the molecule is CC(=O)/C(=N\Nc1ccc(C)cc1)n1ccnn1. The van der Waals surface area contributed by atoms with Crippen molar-refractivity contribution in [1.82, 2.24) is 15.0 Å². The molecule has 0 spiro atoms. The summed E-state index contributed by atoms with van der Waals surface area (Å²) in [6.45, 7) is 3.43. The lowest BCUT2D eigenvalue weighted by Crippen LogP contribution is -2.22. The Bertz CT molecular complexity index is 557. The van der Waals surface area contributed by atoms with Crippen molar-refractivity contribution in [3.8, 4) is 0 Å². The number of hydrazone groups is 1. The van der Waals surface area contributed by atoms with Gasteiger partial charge in [0.1, 0.15) is 0 Å². The zero-order valence-corrected chi connectivity index (χ0v) is 10.2. The van der Waals surface area contributed by atoms with E-state index in [1.165, 1.54) is 17.8 Å². The number of Topliss-reactive ketones (excluding diaryl/α,β-unsaturated/α-hetero) is 1. The van der Waals surface area contributed by atoms with Crippen molar-refractivity contribution < 1.29 is 4.79 Å². The molecule has 1 N–H and O–H groups in total. The highest BCUT2D eigenvalue weighted by atomic mass is 16.1. The van der Waals surface area contributed by atoms with E-state index < -0.39 is 0 Å². The molecule has 0 fully saturated rings. The summed E-state index contributed by atoms with van der Waals surface area (Å²) < 4.78 is 1.32. The van der Waals surface area contributed by atoms with Gasteiger partial charge in [-0.3, -0.25) is 10.2 Å². The number of nitrogens with one attached hydrogen (secondary N) is 1. The summed E-state index contributed by atoms with van der Waals surface area (Å²) >= 11 is 0. The van der Waals surface area contributed by atoms with E-state index in [4.69, 9.17) is 0 Å². The lowest BCUT2D eigenvalue weighted by atomic mass is 10.2. The van der Waals surface area contributed by atoms with Crippen LogP contribution in [0.25, 0.3) is 0 Å². The van der Waals surface area contributed by atoms with E-state index in [2.05, 4.69) is 20.8 Å². The number of nitrogens with zero attached hydrogens (tertiary/aromatic N) is 4. The molecule has 18 heavy (non-hydrogen) atoms. The van der Waals surface area contributed by atoms with E-state index in [9.17, 15) is 4.79 Å². The van der Waals surface area contributed by atoms with Gasteiger partial charge in [0.25, 0.3) is 0 Å². The molecule has 92 valence electrons. The van der Waals surface area contributed by atoms with Crippen molar-refractivity contribution in [3.63, 3.8) is 0 Å². The van der Waals surface area contributed by atoms with Crippen molar-refractivity contribution in [2.75, 3.05) is 5.43 Å². The van der Waals surface area contributed by atoms with Crippen molar-refractivity contribution in [2.45, 2.75) is 13.8 Å². The molecule has 0 atom stereocenters. The Morgan fingerprint density at radius 2 is 2.06 bits per heavy atom. The van der Waals surface area contributed by atoms with Gasteiger partial charge in [0.15, 0.2) is 5.78 Å². The van der Waals surface area contributed by atoms with Gasteiger partial charge < -0.3 is 0 Å². The summed E-state index contributed by atoms with van der Waals surface area (Å²) in [5.41, 5.74) is 4.78. The summed E-state index contributed by atoms with van der Waals surface area (Å²) in [4.78, 5) is 11.5. The average Bonchev–Trinajstić information content (AvgIpc) is 2.85. The minimum absolute atomic E-state index is 0.188. The van der Waals surface area contributed by atoms with Crippen LogP contribution in [0.15, 0.2) is 41.8 Å². The van der Waals surface area contributed by atoms with Crippen LogP contribution >= 0.6 is 0 Å². The second-order valence-corrected chi connectivity index (χ2v) is 3.82. The van der Waals surface area contributed by atoms with E-state index in [0.29, 0.717) is 0 Å². The number of aromatic nitrogens is 3. The van der Waals surface area contributed by atoms with Crippen LogP contribution in [-0.2, 0) is 4.79 Å². The number of aryl methyl sites for hydroxylation is 1. The van der Waals surface area contributed by atoms with Gasteiger partial charge in [0.2, 0.25) is 5.84 Å². The first kappa shape index (κ1) is 12.0. The molecule has 1 heterocycles. The fraction of sp³-hybridized carbons (Fsp3) is 0.167. The third-order valence-electron chi connectivity index (χ3n) is 2.30. The van der Waals surface area contributed by atoms with Crippen LogP contribution in [0.3, 0.4) is 0 Å². The number of carbonyl (C=O) groups excluding carboxylic acids is 1. The summed E-state index contributed by atoms with van der Waals surface area (Å²) in [5, 5.41) is 11.4. The smallest absolute Gasteiger partial charge is 0.217 e. The molecule has 6 nitrogen and oxygen atoms in total. The summed E-state index contributed by atoms with van der Waals surface area (Å²) in [7, 11) is 0. The third-order valence-corrected chi connectivity index (χ3v) is 2.30. The molecule has 0 saturated carbocycles. The van der Waals surface area contributed by atoms with E-state index in [-0.39, 0.29) is 11.6 Å². The van der Waals surface area contributed by atoms with Crippen LogP contribution in [0.5, 0.6) is 0 Å². The maximum atomic E-state index is 11.5. The highest BCUT2D eigenvalue weighted by Gasteiger charge is 2.09. The van der Waals surface area contributed by atoms with Gasteiger partial charge in [-0.1, -0.05) is 22.9 Å². The molecular formula is C12H13N5O. The number of carbonyl (C=O) groups is 1. The molecule has 0 saturated heterocycles. The van der Waals surface area contributed by atoms with E-state index in [1.807, 2.05) is 31.2 Å². The molecular weight excluding hydrogens is 230 g/mol. The first-order valence-corrected chi connectivity index (χ1v) is 5.45. The Labute approximate surface area is 104 Å². The molecule has 0 radical (unpaired) electrons. The summed E-state index contributed by atoms with van der Waals surface area (Å²) in [5.74, 6) is -0.00631. The van der Waals surface area contributed by atoms with Crippen LogP contribution in [0, 0.1) is 6.92 Å². The fourth-order valence-corrected chi connectivity index (χ4v) is 1.36. The molecule has 0 bridgehead atoms. The first-order chi connectivity index (χ1) is 8.66. The van der Waals surface area contributed by atoms with E-state index in [1.54, 1.807) is 6.20 Å². The molecule has 2 aromatic rings. The molecule has 6 heteroatoms. The van der Waals surface area contributed by atoms with Gasteiger partial charge in [0, 0.05) is 6.92 Å². The minimum atomic E-state index is -0.194. The lowest BCUT2D eigenvalue weighted by Gasteiger charge is -2.04. The van der Waals surface area contributed by atoms with Crippen LogP contribution < -0.4 is 5.43 Å². The van der Waals surface area contributed by atoms with Crippen molar-refractivity contribution in [2.24, 2.45) is 5.10 Å². The Morgan fingerprint density at radius 3 is 2.61 bits per heavy atom. The Morgan fingerprint density at radius 1 is 1.33 bits per heavy atom. The van der Waals surface area contributed by atoms with Crippen LogP contribution in [0.1, 0.15) is 12.5 Å². The van der Waals surface area contributed by atoms with Crippen LogP contribution in [-0.4, -0.2) is 26.6 Å². The largest absolute Gasteiger partial charge is 0.291 e. The fourth-order valence-electron chi connectivity index (χ4n) is 1.36. The second kappa shape index (κ2) is 5.22. The van der Waals surface area contributed by atoms with E-state index >= 15 is 0 Å². The highest BCUT2D eigenvalue weighted by Crippen LogP contribution is 2.08.